The number of aliphatic hydroxyl groups excluding tert-OH is 1. The maximum Gasteiger partial charge on any atom is 0.0587 e. The highest BCUT2D eigenvalue weighted by molar-refractivity contribution is 5.15. The van der Waals surface area contributed by atoms with Crippen LogP contribution in [0.4, 0.5) is 0 Å². The van der Waals surface area contributed by atoms with E-state index in [9.17, 15) is 5.11 Å². The van der Waals surface area contributed by atoms with Crippen molar-refractivity contribution >= 4 is 0 Å². The molecule has 0 saturated heterocycles. The first-order valence-electron chi connectivity index (χ1n) is 7.29. The Balaban J connectivity index is 1.84. The molecule has 0 aromatic heterocycles. The van der Waals surface area contributed by atoms with E-state index in [0.717, 1.165) is 6.42 Å². The van der Waals surface area contributed by atoms with E-state index < -0.39 is 0 Å². The summed E-state index contributed by atoms with van der Waals surface area (Å²) in [6.07, 6.45) is 8.88. The van der Waals surface area contributed by atoms with E-state index in [1.165, 1.54) is 44.1 Å². The first-order chi connectivity index (χ1) is 8.88. The zero-order chi connectivity index (χ0) is 12.6. The van der Waals surface area contributed by atoms with E-state index in [1.54, 1.807) is 0 Å². The van der Waals surface area contributed by atoms with Crippen LogP contribution in [0, 0.1) is 0 Å². The minimum atomic E-state index is 0.204. The van der Waals surface area contributed by atoms with Crippen molar-refractivity contribution in [1.29, 1.82) is 0 Å². The van der Waals surface area contributed by atoms with Crippen LogP contribution in [-0.4, -0.2) is 23.8 Å². The summed E-state index contributed by atoms with van der Waals surface area (Å²) in [5.74, 6) is 0. The van der Waals surface area contributed by atoms with Crippen molar-refractivity contribution in [1.82, 2.24) is 5.32 Å². The van der Waals surface area contributed by atoms with Crippen molar-refractivity contribution in [3.63, 3.8) is 0 Å². The summed E-state index contributed by atoms with van der Waals surface area (Å²) in [7, 11) is 0. The van der Waals surface area contributed by atoms with E-state index in [4.69, 9.17) is 0 Å². The Morgan fingerprint density at radius 1 is 1.06 bits per heavy atom. The quantitative estimate of drug-likeness (QED) is 0.784. The third-order valence-corrected chi connectivity index (χ3v) is 3.87. The average Bonchev–Trinajstić information content (AvgIpc) is 2.68. The van der Waals surface area contributed by atoms with Crippen LogP contribution in [0.5, 0.6) is 0 Å². The van der Waals surface area contributed by atoms with Gasteiger partial charge in [-0.15, -0.1) is 0 Å². The normalized spacial score (nSPS) is 19.4. The van der Waals surface area contributed by atoms with Crippen LogP contribution >= 0.6 is 0 Å². The zero-order valence-electron chi connectivity index (χ0n) is 11.1. The molecule has 1 unspecified atom stereocenters. The van der Waals surface area contributed by atoms with Crippen LogP contribution in [0.2, 0.25) is 0 Å². The molecular formula is C16H25NO. The van der Waals surface area contributed by atoms with Crippen LogP contribution in [-0.2, 0) is 6.42 Å². The van der Waals surface area contributed by atoms with Gasteiger partial charge >= 0.3 is 0 Å². The highest BCUT2D eigenvalue weighted by Crippen LogP contribution is 2.18. The second-order valence-electron chi connectivity index (χ2n) is 5.42. The smallest absolute Gasteiger partial charge is 0.0587 e. The van der Waals surface area contributed by atoms with Crippen LogP contribution in [0.1, 0.15) is 44.1 Å². The Kier molecular flexibility index (Phi) is 5.69. The zero-order valence-corrected chi connectivity index (χ0v) is 11.1. The molecule has 2 nitrogen and oxygen atoms in total. The van der Waals surface area contributed by atoms with Crippen molar-refractivity contribution in [2.24, 2.45) is 0 Å². The summed E-state index contributed by atoms with van der Waals surface area (Å²) in [4.78, 5) is 0. The fraction of sp³-hybridized carbons (Fsp3) is 0.625. The standard InChI is InChI=1S/C16H25NO/c18-13-16(12-14-8-4-3-5-9-14)17-15-10-6-1-2-7-11-15/h3-5,8-9,15-18H,1-2,6-7,10-13H2. The van der Waals surface area contributed by atoms with Gasteiger partial charge in [-0.05, 0) is 24.8 Å². The molecule has 1 aliphatic rings. The maximum atomic E-state index is 9.53. The van der Waals surface area contributed by atoms with Gasteiger partial charge < -0.3 is 10.4 Å². The third kappa shape index (κ3) is 4.43. The lowest BCUT2D eigenvalue weighted by Crippen LogP contribution is -2.41. The molecule has 2 heteroatoms. The molecule has 100 valence electrons. The van der Waals surface area contributed by atoms with Crippen LogP contribution in [0.3, 0.4) is 0 Å². The predicted octanol–water partition coefficient (Wildman–Crippen LogP) is 2.90. The Labute approximate surface area is 110 Å². The fourth-order valence-electron chi connectivity index (χ4n) is 2.85. The Hall–Kier alpha value is -0.860. The molecule has 1 fully saturated rings. The summed E-state index contributed by atoms with van der Waals surface area (Å²) < 4.78 is 0. The van der Waals surface area contributed by atoms with Crippen molar-refractivity contribution in [3.8, 4) is 0 Å². The van der Waals surface area contributed by atoms with Gasteiger partial charge in [-0.25, -0.2) is 0 Å². The van der Waals surface area contributed by atoms with Gasteiger partial charge in [0.2, 0.25) is 0 Å². The van der Waals surface area contributed by atoms with Crippen molar-refractivity contribution in [3.05, 3.63) is 35.9 Å². The van der Waals surface area contributed by atoms with Gasteiger partial charge in [-0.2, -0.15) is 0 Å². The van der Waals surface area contributed by atoms with Crippen molar-refractivity contribution < 1.29 is 5.11 Å². The average molecular weight is 247 g/mol. The molecular weight excluding hydrogens is 222 g/mol. The van der Waals surface area contributed by atoms with Gasteiger partial charge in [-0.1, -0.05) is 56.0 Å². The lowest BCUT2D eigenvalue weighted by molar-refractivity contribution is 0.225. The molecule has 0 radical (unpaired) electrons. The third-order valence-electron chi connectivity index (χ3n) is 3.87. The molecule has 1 atom stereocenters. The summed E-state index contributed by atoms with van der Waals surface area (Å²) in [5.41, 5.74) is 1.30. The molecule has 1 aromatic carbocycles. The van der Waals surface area contributed by atoms with Crippen LogP contribution < -0.4 is 5.32 Å². The number of benzene rings is 1. The number of nitrogens with one attached hydrogen (secondary N) is 1. The molecule has 1 aliphatic carbocycles. The predicted molar refractivity (Wildman–Crippen MR) is 75.6 cm³/mol. The molecule has 18 heavy (non-hydrogen) atoms. The Morgan fingerprint density at radius 2 is 1.72 bits per heavy atom. The number of rotatable bonds is 5. The second-order valence-corrected chi connectivity index (χ2v) is 5.42. The van der Waals surface area contributed by atoms with Crippen LogP contribution in [0.25, 0.3) is 0 Å². The summed E-state index contributed by atoms with van der Waals surface area (Å²) in [6.45, 7) is 0.228. The van der Waals surface area contributed by atoms with Gasteiger partial charge in [0, 0.05) is 12.1 Å². The molecule has 1 saturated carbocycles. The lowest BCUT2D eigenvalue weighted by Gasteiger charge is -2.23. The molecule has 0 bridgehead atoms. The summed E-state index contributed by atoms with van der Waals surface area (Å²) in [5, 5.41) is 13.2. The van der Waals surface area contributed by atoms with E-state index >= 15 is 0 Å². The van der Waals surface area contributed by atoms with Gasteiger partial charge in [0.15, 0.2) is 0 Å². The van der Waals surface area contributed by atoms with Gasteiger partial charge in [-0.3, -0.25) is 0 Å². The van der Waals surface area contributed by atoms with Gasteiger partial charge in [0.25, 0.3) is 0 Å². The molecule has 2 N–H and O–H groups in total. The van der Waals surface area contributed by atoms with Gasteiger partial charge in [0.1, 0.15) is 0 Å². The first kappa shape index (κ1) is 13.6. The van der Waals surface area contributed by atoms with E-state index in [0.29, 0.717) is 6.04 Å². The lowest BCUT2D eigenvalue weighted by atomic mass is 10.0. The SMILES string of the molecule is OCC(Cc1ccccc1)NC1CCCCCC1. The molecule has 0 aliphatic heterocycles. The Morgan fingerprint density at radius 3 is 2.33 bits per heavy atom. The highest BCUT2D eigenvalue weighted by Gasteiger charge is 2.16. The fourth-order valence-corrected chi connectivity index (χ4v) is 2.85. The highest BCUT2D eigenvalue weighted by atomic mass is 16.3. The molecule has 1 aromatic rings. The summed E-state index contributed by atoms with van der Waals surface area (Å²) in [6, 6.07) is 11.2. The van der Waals surface area contributed by atoms with Crippen molar-refractivity contribution in [2.45, 2.75) is 57.0 Å². The molecule has 2 rings (SSSR count). The summed E-state index contributed by atoms with van der Waals surface area (Å²) >= 11 is 0. The number of hydrogen-bond acceptors (Lipinski definition) is 2. The number of hydrogen-bond donors (Lipinski definition) is 2. The topological polar surface area (TPSA) is 32.3 Å². The first-order valence-corrected chi connectivity index (χ1v) is 7.29. The van der Waals surface area contributed by atoms with E-state index in [-0.39, 0.29) is 12.6 Å². The van der Waals surface area contributed by atoms with Crippen molar-refractivity contribution in [2.75, 3.05) is 6.61 Å². The van der Waals surface area contributed by atoms with E-state index in [2.05, 4.69) is 29.6 Å². The minimum Gasteiger partial charge on any atom is -0.395 e. The monoisotopic (exact) mass is 247 g/mol. The number of aliphatic hydroxyl groups is 1. The molecule has 0 heterocycles. The minimum absolute atomic E-state index is 0.204. The second kappa shape index (κ2) is 7.55. The Bertz CT molecular complexity index is 317. The largest absolute Gasteiger partial charge is 0.395 e. The molecule has 0 amide bonds. The van der Waals surface area contributed by atoms with Crippen LogP contribution in [0.15, 0.2) is 30.3 Å². The molecule has 0 spiro atoms. The van der Waals surface area contributed by atoms with Gasteiger partial charge in [0.05, 0.1) is 6.61 Å². The maximum absolute atomic E-state index is 9.53. The van der Waals surface area contributed by atoms with E-state index in [1.807, 2.05) is 6.07 Å².